The van der Waals surface area contributed by atoms with E-state index in [1.807, 2.05) is 36.7 Å². The van der Waals surface area contributed by atoms with Crippen LogP contribution in [0.1, 0.15) is 37.2 Å². The molecule has 1 aromatic heterocycles. The minimum Gasteiger partial charge on any atom is -0.324 e. The molecule has 0 amide bonds. The predicted molar refractivity (Wildman–Crippen MR) is 83.0 cm³/mol. The molecule has 104 valence electrons. The SMILES string of the molecule is NSc1ccc(Nc2ncc(C3CCCC3)cn2)cc1. The van der Waals surface area contributed by atoms with Crippen molar-refractivity contribution < 1.29 is 0 Å². The van der Waals surface area contributed by atoms with E-state index in [1.165, 1.54) is 43.2 Å². The van der Waals surface area contributed by atoms with Gasteiger partial charge in [-0.15, -0.1) is 0 Å². The largest absolute Gasteiger partial charge is 0.324 e. The average Bonchev–Trinajstić information content (AvgIpc) is 3.03. The first kappa shape index (κ1) is 13.4. The van der Waals surface area contributed by atoms with Crippen molar-refractivity contribution in [2.24, 2.45) is 5.14 Å². The lowest BCUT2D eigenvalue weighted by atomic mass is 10.0. The van der Waals surface area contributed by atoms with Crippen molar-refractivity contribution in [3.63, 3.8) is 0 Å². The number of nitrogens with zero attached hydrogens (tertiary/aromatic N) is 2. The Labute approximate surface area is 123 Å². The van der Waals surface area contributed by atoms with Crippen molar-refractivity contribution >= 4 is 23.6 Å². The average molecular weight is 286 g/mol. The van der Waals surface area contributed by atoms with Crippen LogP contribution >= 0.6 is 11.9 Å². The Morgan fingerprint density at radius 2 is 1.70 bits per heavy atom. The monoisotopic (exact) mass is 286 g/mol. The first-order chi connectivity index (χ1) is 9.85. The van der Waals surface area contributed by atoms with E-state index in [4.69, 9.17) is 5.14 Å². The van der Waals surface area contributed by atoms with Gasteiger partial charge in [-0.1, -0.05) is 12.8 Å². The molecular weight excluding hydrogens is 268 g/mol. The highest BCUT2D eigenvalue weighted by molar-refractivity contribution is 7.97. The van der Waals surface area contributed by atoms with Crippen LogP contribution in [-0.4, -0.2) is 9.97 Å². The number of aromatic nitrogens is 2. The number of hydrogen-bond acceptors (Lipinski definition) is 5. The molecule has 0 unspecified atom stereocenters. The molecule has 1 aliphatic carbocycles. The molecule has 1 aromatic carbocycles. The van der Waals surface area contributed by atoms with Crippen molar-refractivity contribution in [2.75, 3.05) is 5.32 Å². The van der Waals surface area contributed by atoms with Gasteiger partial charge in [0, 0.05) is 23.0 Å². The molecule has 1 aliphatic rings. The zero-order chi connectivity index (χ0) is 13.8. The summed E-state index contributed by atoms with van der Waals surface area (Å²) in [6.07, 6.45) is 9.11. The molecule has 20 heavy (non-hydrogen) atoms. The van der Waals surface area contributed by atoms with Crippen molar-refractivity contribution in [2.45, 2.75) is 36.5 Å². The fraction of sp³-hybridized carbons (Fsp3) is 0.333. The molecule has 1 fully saturated rings. The van der Waals surface area contributed by atoms with Gasteiger partial charge in [0.15, 0.2) is 0 Å². The van der Waals surface area contributed by atoms with E-state index in [-0.39, 0.29) is 0 Å². The highest BCUT2D eigenvalue weighted by atomic mass is 32.2. The van der Waals surface area contributed by atoms with Crippen molar-refractivity contribution in [1.82, 2.24) is 9.97 Å². The number of anilines is 2. The second-order valence-electron chi connectivity index (χ2n) is 5.09. The summed E-state index contributed by atoms with van der Waals surface area (Å²) in [6.45, 7) is 0. The highest BCUT2D eigenvalue weighted by Crippen LogP contribution is 2.33. The molecule has 2 aromatic rings. The molecule has 1 saturated carbocycles. The fourth-order valence-corrected chi connectivity index (χ4v) is 2.91. The quantitative estimate of drug-likeness (QED) is 0.836. The van der Waals surface area contributed by atoms with E-state index < -0.39 is 0 Å². The van der Waals surface area contributed by atoms with E-state index in [2.05, 4.69) is 15.3 Å². The summed E-state index contributed by atoms with van der Waals surface area (Å²) in [4.78, 5) is 9.85. The number of nitrogens with one attached hydrogen (secondary N) is 1. The second kappa shape index (κ2) is 6.24. The number of benzene rings is 1. The summed E-state index contributed by atoms with van der Waals surface area (Å²) < 4.78 is 0. The Kier molecular flexibility index (Phi) is 4.18. The maximum atomic E-state index is 5.50. The topological polar surface area (TPSA) is 63.8 Å². The van der Waals surface area contributed by atoms with Crippen LogP contribution < -0.4 is 10.5 Å². The van der Waals surface area contributed by atoms with Crippen molar-refractivity contribution in [3.05, 3.63) is 42.2 Å². The van der Waals surface area contributed by atoms with Crippen molar-refractivity contribution in [3.8, 4) is 0 Å². The van der Waals surface area contributed by atoms with Gasteiger partial charge in [0.25, 0.3) is 0 Å². The lowest BCUT2D eigenvalue weighted by Crippen LogP contribution is -2.00. The van der Waals surface area contributed by atoms with Gasteiger partial charge in [0.2, 0.25) is 5.95 Å². The molecule has 0 aliphatic heterocycles. The van der Waals surface area contributed by atoms with Gasteiger partial charge in [0.1, 0.15) is 0 Å². The molecule has 3 rings (SSSR count). The molecular formula is C15H18N4S. The Morgan fingerprint density at radius 3 is 2.30 bits per heavy atom. The molecule has 3 N–H and O–H groups in total. The molecule has 0 radical (unpaired) electrons. The normalized spacial score (nSPS) is 15.4. The second-order valence-corrected chi connectivity index (χ2v) is 5.80. The predicted octanol–water partition coefficient (Wildman–Crippen LogP) is 3.84. The lowest BCUT2D eigenvalue weighted by Gasteiger charge is -2.09. The summed E-state index contributed by atoms with van der Waals surface area (Å²) in [7, 11) is 0. The smallest absolute Gasteiger partial charge is 0.227 e. The first-order valence-corrected chi connectivity index (χ1v) is 7.79. The molecule has 0 atom stereocenters. The molecule has 5 heteroatoms. The first-order valence-electron chi connectivity index (χ1n) is 6.91. The standard InChI is InChI=1S/C15H18N4S/c16-20-14-7-5-13(6-8-14)19-15-17-9-12(10-18-15)11-3-1-2-4-11/h5-11H,1-4,16H2,(H,17,18,19). The van der Waals surface area contributed by atoms with Gasteiger partial charge in [-0.25, -0.2) is 9.97 Å². The maximum absolute atomic E-state index is 5.50. The van der Waals surface area contributed by atoms with E-state index in [1.54, 1.807) is 0 Å². The van der Waals surface area contributed by atoms with E-state index in [0.717, 1.165) is 10.6 Å². The zero-order valence-corrected chi connectivity index (χ0v) is 12.1. The third-order valence-corrected chi connectivity index (χ3v) is 4.29. The van der Waals surface area contributed by atoms with Crippen LogP contribution in [0.2, 0.25) is 0 Å². The highest BCUT2D eigenvalue weighted by Gasteiger charge is 2.17. The Balaban J connectivity index is 1.67. The van der Waals surface area contributed by atoms with Crippen LogP contribution in [0, 0.1) is 0 Å². The van der Waals surface area contributed by atoms with Crippen LogP contribution in [0.25, 0.3) is 0 Å². The number of nitrogens with two attached hydrogens (primary N) is 1. The summed E-state index contributed by atoms with van der Waals surface area (Å²) in [5, 5.41) is 8.70. The van der Waals surface area contributed by atoms with E-state index in [0.29, 0.717) is 11.9 Å². The number of hydrogen-bond donors (Lipinski definition) is 2. The number of rotatable bonds is 4. The van der Waals surface area contributed by atoms with Crippen LogP contribution in [0.4, 0.5) is 11.6 Å². The molecule has 0 spiro atoms. The fourth-order valence-electron chi connectivity index (χ4n) is 2.62. The van der Waals surface area contributed by atoms with Crippen LogP contribution in [0.3, 0.4) is 0 Å². The minimum atomic E-state index is 0.639. The van der Waals surface area contributed by atoms with Crippen molar-refractivity contribution in [1.29, 1.82) is 0 Å². The van der Waals surface area contributed by atoms with E-state index in [9.17, 15) is 0 Å². The Bertz CT molecular complexity index is 547. The van der Waals surface area contributed by atoms with Gasteiger partial charge in [-0.3, -0.25) is 5.14 Å². The maximum Gasteiger partial charge on any atom is 0.227 e. The van der Waals surface area contributed by atoms with Gasteiger partial charge >= 0.3 is 0 Å². The third-order valence-electron chi connectivity index (χ3n) is 3.74. The van der Waals surface area contributed by atoms with Crippen LogP contribution in [0.15, 0.2) is 41.6 Å². The summed E-state index contributed by atoms with van der Waals surface area (Å²) in [5.41, 5.74) is 2.24. The minimum absolute atomic E-state index is 0.639. The van der Waals surface area contributed by atoms with Gasteiger partial charge in [-0.2, -0.15) is 0 Å². The Hall–Kier alpha value is -1.59. The van der Waals surface area contributed by atoms with Gasteiger partial charge < -0.3 is 5.32 Å². The van der Waals surface area contributed by atoms with Crippen LogP contribution in [-0.2, 0) is 0 Å². The molecule has 0 saturated heterocycles. The third kappa shape index (κ3) is 3.11. The summed E-state index contributed by atoms with van der Waals surface area (Å²) >= 11 is 1.24. The molecule has 1 heterocycles. The van der Waals surface area contributed by atoms with E-state index >= 15 is 0 Å². The lowest BCUT2D eigenvalue weighted by molar-refractivity contribution is 0.714. The molecule has 0 bridgehead atoms. The zero-order valence-electron chi connectivity index (χ0n) is 11.2. The molecule has 4 nitrogen and oxygen atoms in total. The summed E-state index contributed by atoms with van der Waals surface area (Å²) in [6, 6.07) is 7.90. The van der Waals surface area contributed by atoms with Gasteiger partial charge in [0.05, 0.1) is 0 Å². The summed E-state index contributed by atoms with van der Waals surface area (Å²) in [5.74, 6) is 1.30. The van der Waals surface area contributed by atoms with Crippen LogP contribution in [0.5, 0.6) is 0 Å². The Morgan fingerprint density at radius 1 is 1.05 bits per heavy atom. The van der Waals surface area contributed by atoms with Gasteiger partial charge in [-0.05, 0) is 60.5 Å².